The summed E-state index contributed by atoms with van der Waals surface area (Å²) in [6, 6.07) is 10.5. The number of ether oxygens (including phenoxy) is 2. The smallest absolute Gasteiger partial charge is 0.311 e. The third-order valence-electron chi connectivity index (χ3n) is 2.76. The first-order chi connectivity index (χ1) is 10.5. The minimum absolute atomic E-state index is 0.256. The summed E-state index contributed by atoms with van der Waals surface area (Å²) in [5.74, 6) is 1.46. The highest BCUT2D eigenvalue weighted by Crippen LogP contribution is 2.40. The number of esters is 1. The van der Waals surface area contributed by atoms with E-state index in [4.69, 9.17) is 15.2 Å². The molecule has 0 spiro atoms. The lowest BCUT2D eigenvalue weighted by molar-refractivity contribution is -0.134. The molecule has 0 unspecified atom stereocenters. The topological polar surface area (TPSA) is 61.5 Å². The van der Waals surface area contributed by atoms with Crippen LogP contribution in [0.4, 0.5) is 5.69 Å². The standard InChI is InChI=1S/C16H15Br2NO3/c1-2-3-15(20)21-12-8-13(17)16(14(18)9-12)22-11-6-4-10(19)5-7-11/h4-9H,2-3,19H2,1H3. The van der Waals surface area contributed by atoms with E-state index in [0.29, 0.717) is 38.3 Å². The van der Waals surface area contributed by atoms with E-state index in [1.54, 1.807) is 36.4 Å². The number of rotatable bonds is 5. The Kier molecular flexibility index (Phi) is 5.85. The average molecular weight is 429 g/mol. The summed E-state index contributed by atoms with van der Waals surface area (Å²) in [5.41, 5.74) is 6.32. The molecule has 0 radical (unpaired) electrons. The van der Waals surface area contributed by atoms with Crippen molar-refractivity contribution in [1.82, 2.24) is 0 Å². The van der Waals surface area contributed by atoms with Gasteiger partial charge in [0.05, 0.1) is 8.95 Å². The van der Waals surface area contributed by atoms with E-state index in [-0.39, 0.29) is 5.97 Å². The maximum atomic E-state index is 11.5. The van der Waals surface area contributed by atoms with E-state index in [1.165, 1.54) is 0 Å². The molecule has 0 saturated carbocycles. The Morgan fingerprint density at radius 1 is 1.09 bits per heavy atom. The number of carbonyl (C=O) groups excluding carboxylic acids is 1. The van der Waals surface area contributed by atoms with Crippen molar-refractivity contribution in [2.75, 3.05) is 5.73 Å². The molecule has 116 valence electrons. The van der Waals surface area contributed by atoms with Crippen LogP contribution in [0.1, 0.15) is 19.8 Å². The molecule has 0 aliphatic rings. The van der Waals surface area contributed by atoms with Gasteiger partial charge in [0.1, 0.15) is 11.5 Å². The molecule has 0 aromatic heterocycles. The first-order valence-corrected chi connectivity index (χ1v) is 8.31. The quantitative estimate of drug-likeness (QED) is 0.399. The predicted molar refractivity (Wildman–Crippen MR) is 93.3 cm³/mol. The second-order valence-corrected chi connectivity index (χ2v) is 6.32. The summed E-state index contributed by atoms with van der Waals surface area (Å²) in [5, 5.41) is 0. The van der Waals surface area contributed by atoms with Gasteiger partial charge in [0, 0.05) is 12.1 Å². The van der Waals surface area contributed by atoms with Crippen molar-refractivity contribution < 1.29 is 14.3 Å². The predicted octanol–water partition coefficient (Wildman–Crippen LogP) is 5.29. The van der Waals surface area contributed by atoms with Crippen molar-refractivity contribution in [2.45, 2.75) is 19.8 Å². The van der Waals surface area contributed by atoms with Gasteiger partial charge in [-0.15, -0.1) is 0 Å². The first-order valence-electron chi connectivity index (χ1n) is 6.72. The Hall–Kier alpha value is -1.53. The Bertz CT molecular complexity index is 649. The van der Waals surface area contributed by atoms with Crippen LogP contribution in [0.15, 0.2) is 45.3 Å². The van der Waals surface area contributed by atoms with Gasteiger partial charge in [-0.25, -0.2) is 0 Å². The van der Waals surface area contributed by atoms with Gasteiger partial charge in [-0.1, -0.05) is 6.92 Å². The summed E-state index contributed by atoms with van der Waals surface area (Å²) in [6.07, 6.45) is 1.14. The molecule has 0 heterocycles. The molecule has 2 rings (SSSR count). The molecule has 0 amide bonds. The number of nitrogens with two attached hydrogens (primary N) is 1. The van der Waals surface area contributed by atoms with Gasteiger partial charge in [-0.2, -0.15) is 0 Å². The van der Waals surface area contributed by atoms with E-state index in [2.05, 4.69) is 31.9 Å². The zero-order valence-corrected chi connectivity index (χ0v) is 15.1. The molecule has 2 aromatic rings. The van der Waals surface area contributed by atoms with Crippen molar-refractivity contribution in [2.24, 2.45) is 0 Å². The van der Waals surface area contributed by atoms with Gasteiger partial charge >= 0.3 is 5.97 Å². The summed E-state index contributed by atoms with van der Waals surface area (Å²) in [7, 11) is 0. The number of anilines is 1. The second-order valence-electron chi connectivity index (χ2n) is 4.61. The van der Waals surface area contributed by atoms with Gasteiger partial charge in [-0.3, -0.25) is 4.79 Å². The lowest BCUT2D eigenvalue weighted by Crippen LogP contribution is -2.07. The van der Waals surface area contributed by atoms with Crippen LogP contribution in [-0.4, -0.2) is 5.97 Å². The third-order valence-corrected chi connectivity index (χ3v) is 3.94. The molecule has 2 N–H and O–H groups in total. The lowest BCUT2D eigenvalue weighted by Gasteiger charge is -2.12. The molecule has 0 aliphatic heterocycles. The minimum atomic E-state index is -0.256. The van der Waals surface area contributed by atoms with Crippen molar-refractivity contribution in [3.8, 4) is 17.2 Å². The number of halogens is 2. The summed E-state index contributed by atoms with van der Waals surface area (Å²) in [6.45, 7) is 1.93. The van der Waals surface area contributed by atoms with Crippen LogP contribution in [0.25, 0.3) is 0 Å². The lowest BCUT2D eigenvalue weighted by atomic mass is 10.3. The van der Waals surface area contributed by atoms with Crippen LogP contribution >= 0.6 is 31.9 Å². The molecule has 0 bridgehead atoms. The molecule has 2 aromatic carbocycles. The van der Waals surface area contributed by atoms with Crippen molar-refractivity contribution in [3.05, 3.63) is 45.3 Å². The minimum Gasteiger partial charge on any atom is -0.455 e. The third kappa shape index (κ3) is 4.48. The number of hydrogen-bond acceptors (Lipinski definition) is 4. The zero-order chi connectivity index (χ0) is 16.1. The number of benzene rings is 2. The largest absolute Gasteiger partial charge is 0.455 e. The van der Waals surface area contributed by atoms with Crippen LogP contribution in [0.3, 0.4) is 0 Å². The Morgan fingerprint density at radius 3 is 2.23 bits per heavy atom. The first kappa shape index (κ1) is 16.8. The van der Waals surface area contributed by atoms with Crippen LogP contribution in [0.2, 0.25) is 0 Å². The fraction of sp³-hybridized carbons (Fsp3) is 0.188. The summed E-state index contributed by atoms with van der Waals surface area (Å²) in [4.78, 5) is 11.5. The molecular weight excluding hydrogens is 414 g/mol. The van der Waals surface area contributed by atoms with E-state index < -0.39 is 0 Å². The van der Waals surface area contributed by atoms with Gasteiger partial charge in [0.25, 0.3) is 0 Å². The molecule has 0 saturated heterocycles. The van der Waals surface area contributed by atoms with E-state index in [1.807, 2.05) is 6.92 Å². The molecule has 4 nitrogen and oxygen atoms in total. The maximum absolute atomic E-state index is 11.5. The number of nitrogen functional groups attached to an aromatic ring is 1. The van der Waals surface area contributed by atoms with Crippen molar-refractivity contribution in [3.63, 3.8) is 0 Å². The number of carbonyl (C=O) groups is 1. The fourth-order valence-corrected chi connectivity index (χ4v) is 3.04. The highest BCUT2D eigenvalue weighted by Gasteiger charge is 2.13. The van der Waals surface area contributed by atoms with Crippen molar-refractivity contribution >= 4 is 43.5 Å². The molecular formula is C16H15Br2NO3. The maximum Gasteiger partial charge on any atom is 0.311 e. The molecule has 0 aliphatic carbocycles. The van der Waals surface area contributed by atoms with Gasteiger partial charge in [0.15, 0.2) is 5.75 Å². The van der Waals surface area contributed by atoms with E-state index in [9.17, 15) is 4.79 Å². The summed E-state index contributed by atoms with van der Waals surface area (Å²) >= 11 is 6.86. The highest BCUT2D eigenvalue weighted by atomic mass is 79.9. The van der Waals surface area contributed by atoms with Crippen LogP contribution < -0.4 is 15.2 Å². The van der Waals surface area contributed by atoms with Gasteiger partial charge in [0.2, 0.25) is 0 Å². The van der Waals surface area contributed by atoms with Crippen LogP contribution in [0.5, 0.6) is 17.2 Å². The zero-order valence-electron chi connectivity index (χ0n) is 11.9. The van der Waals surface area contributed by atoms with Crippen molar-refractivity contribution in [1.29, 1.82) is 0 Å². The van der Waals surface area contributed by atoms with Crippen LogP contribution in [0, 0.1) is 0 Å². The molecule has 6 heteroatoms. The molecule has 0 atom stereocenters. The van der Waals surface area contributed by atoms with E-state index in [0.717, 1.165) is 6.42 Å². The van der Waals surface area contributed by atoms with Gasteiger partial charge in [-0.05, 0) is 74.7 Å². The SMILES string of the molecule is CCCC(=O)Oc1cc(Br)c(Oc2ccc(N)cc2)c(Br)c1. The summed E-state index contributed by atoms with van der Waals surface area (Å²) < 4.78 is 12.4. The van der Waals surface area contributed by atoms with Crippen LogP contribution in [-0.2, 0) is 4.79 Å². The Balaban J connectivity index is 2.19. The number of hydrogen-bond donors (Lipinski definition) is 1. The Morgan fingerprint density at radius 2 is 1.68 bits per heavy atom. The second kappa shape index (κ2) is 7.65. The molecule has 0 fully saturated rings. The monoisotopic (exact) mass is 427 g/mol. The van der Waals surface area contributed by atoms with E-state index >= 15 is 0 Å². The Labute approximate surface area is 145 Å². The normalized spacial score (nSPS) is 10.3. The van der Waals surface area contributed by atoms with Gasteiger partial charge < -0.3 is 15.2 Å². The highest BCUT2D eigenvalue weighted by molar-refractivity contribution is 9.11. The fourth-order valence-electron chi connectivity index (χ4n) is 1.73. The molecule has 22 heavy (non-hydrogen) atoms. The average Bonchev–Trinajstić information content (AvgIpc) is 2.45.